The van der Waals surface area contributed by atoms with Gasteiger partial charge >= 0.3 is 0 Å². The Morgan fingerprint density at radius 3 is 2.40 bits per heavy atom. The quantitative estimate of drug-likeness (QED) is 0.353. The van der Waals surface area contributed by atoms with Gasteiger partial charge in [0.1, 0.15) is 0 Å². The molecule has 1 aromatic rings. The summed E-state index contributed by atoms with van der Waals surface area (Å²) in [5.41, 5.74) is 1.45. The van der Waals surface area contributed by atoms with Gasteiger partial charge in [-0.05, 0) is 43.6 Å². The van der Waals surface area contributed by atoms with E-state index in [2.05, 4.69) is 52.4 Å². The van der Waals surface area contributed by atoms with Crippen molar-refractivity contribution >= 4 is 35.8 Å². The number of likely N-dealkylation sites (tertiary alicyclic amines) is 1. The zero-order valence-electron chi connectivity index (χ0n) is 18.1. The maximum atomic E-state index is 12.4. The summed E-state index contributed by atoms with van der Waals surface area (Å²) in [5, 5.41) is 3.47. The monoisotopic (exact) mass is 525 g/mol. The third-order valence-corrected chi connectivity index (χ3v) is 6.45. The molecule has 4 rings (SSSR count). The van der Waals surface area contributed by atoms with E-state index in [9.17, 15) is 4.79 Å². The fourth-order valence-corrected chi connectivity index (χ4v) is 4.56. The number of guanidine groups is 1. The number of nitrogens with zero attached hydrogens (tertiary/aromatic N) is 4. The highest BCUT2D eigenvalue weighted by atomic mass is 127. The highest BCUT2D eigenvalue weighted by Crippen LogP contribution is 2.47. The van der Waals surface area contributed by atoms with Crippen LogP contribution in [0.25, 0.3) is 0 Å². The summed E-state index contributed by atoms with van der Waals surface area (Å²) in [4.78, 5) is 24.0. The van der Waals surface area contributed by atoms with Gasteiger partial charge < -0.3 is 15.1 Å². The van der Waals surface area contributed by atoms with E-state index in [4.69, 9.17) is 4.99 Å². The maximum absolute atomic E-state index is 12.4. The van der Waals surface area contributed by atoms with Gasteiger partial charge in [-0.15, -0.1) is 24.0 Å². The van der Waals surface area contributed by atoms with Gasteiger partial charge in [0.25, 0.3) is 0 Å². The molecule has 0 aromatic heterocycles. The first kappa shape index (κ1) is 23.3. The first-order valence-electron chi connectivity index (χ1n) is 11.3. The van der Waals surface area contributed by atoms with Crippen molar-refractivity contribution in [3.05, 3.63) is 35.9 Å². The zero-order chi connectivity index (χ0) is 20.1. The second-order valence-electron chi connectivity index (χ2n) is 8.56. The van der Waals surface area contributed by atoms with E-state index in [1.54, 1.807) is 0 Å². The Morgan fingerprint density at radius 2 is 1.73 bits per heavy atom. The van der Waals surface area contributed by atoms with Crippen LogP contribution in [0.2, 0.25) is 0 Å². The van der Waals surface area contributed by atoms with Crippen LogP contribution in [0.1, 0.15) is 37.7 Å². The number of hydrogen-bond acceptors (Lipinski definition) is 3. The lowest BCUT2D eigenvalue weighted by atomic mass is 10.1. The largest absolute Gasteiger partial charge is 0.357 e. The van der Waals surface area contributed by atoms with Gasteiger partial charge in [-0.1, -0.05) is 30.3 Å². The molecule has 1 N–H and O–H groups in total. The summed E-state index contributed by atoms with van der Waals surface area (Å²) in [7, 11) is 0. The third kappa shape index (κ3) is 6.09. The molecule has 2 atom stereocenters. The van der Waals surface area contributed by atoms with Crippen molar-refractivity contribution in [1.82, 2.24) is 20.0 Å². The molecule has 1 amide bonds. The van der Waals surface area contributed by atoms with Crippen LogP contribution in [0.15, 0.2) is 35.3 Å². The van der Waals surface area contributed by atoms with Crippen LogP contribution >= 0.6 is 24.0 Å². The third-order valence-electron chi connectivity index (χ3n) is 6.45. The molecule has 166 valence electrons. The molecule has 30 heavy (non-hydrogen) atoms. The molecule has 0 radical (unpaired) electrons. The number of hydrogen-bond donors (Lipinski definition) is 1. The number of rotatable bonds is 6. The molecule has 1 aliphatic carbocycles. The number of carbonyl (C=O) groups excluding carboxylic acids is 1. The van der Waals surface area contributed by atoms with Gasteiger partial charge in [0.2, 0.25) is 5.91 Å². The number of nitrogens with one attached hydrogen (secondary N) is 1. The molecule has 3 aliphatic rings. The molecule has 2 aliphatic heterocycles. The average molecular weight is 525 g/mol. The van der Waals surface area contributed by atoms with E-state index in [0.29, 0.717) is 24.3 Å². The molecule has 2 unspecified atom stereocenters. The predicted molar refractivity (Wildman–Crippen MR) is 133 cm³/mol. The summed E-state index contributed by atoms with van der Waals surface area (Å²) in [6.07, 6.45) is 3.57. The SMILES string of the molecule is CCNC(=NCC1CC1c1ccccc1)N1CCN(CC(=O)N2CCCC2)CC1.I. The summed E-state index contributed by atoms with van der Waals surface area (Å²) < 4.78 is 0. The Hall–Kier alpha value is -1.35. The number of aliphatic imine (C=N–C) groups is 1. The molecule has 7 heteroatoms. The summed E-state index contributed by atoms with van der Waals surface area (Å²) >= 11 is 0. The standard InChI is InChI=1S/C23H35N5O.HI/c1-2-24-23(25-17-20-16-21(20)19-8-4-3-5-9-19)28-14-12-26(13-15-28)18-22(29)27-10-6-7-11-27;/h3-5,8-9,20-21H,2,6-7,10-18H2,1H3,(H,24,25);1H. The smallest absolute Gasteiger partial charge is 0.236 e. The number of piperazine rings is 1. The Labute approximate surface area is 198 Å². The van der Waals surface area contributed by atoms with E-state index < -0.39 is 0 Å². The van der Waals surface area contributed by atoms with E-state index in [-0.39, 0.29) is 24.0 Å². The number of benzene rings is 1. The lowest BCUT2D eigenvalue weighted by Gasteiger charge is -2.36. The summed E-state index contributed by atoms with van der Waals surface area (Å²) in [6, 6.07) is 10.8. The highest BCUT2D eigenvalue weighted by molar-refractivity contribution is 14.0. The number of carbonyl (C=O) groups is 1. The van der Waals surface area contributed by atoms with Crippen LogP contribution in [-0.2, 0) is 4.79 Å². The van der Waals surface area contributed by atoms with Crippen LogP contribution in [-0.4, -0.2) is 85.5 Å². The number of amides is 1. The van der Waals surface area contributed by atoms with E-state index in [0.717, 1.165) is 71.2 Å². The van der Waals surface area contributed by atoms with Gasteiger partial charge in [0, 0.05) is 52.4 Å². The van der Waals surface area contributed by atoms with Crippen molar-refractivity contribution in [2.24, 2.45) is 10.9 Å². The van der Waals surface area contributed by atoms with Crippen molar-refractivity contribution in [3.63, 3.8) is 0 Å². The fraction of sp³-hybridized carbons (Fsp3) is 0.652. The van der Waals surface area contributed by atoms with Crippen LogP contribution in [0, 0.1) is 5.92 Å². The van der Waals surface area contributed by atoms with Crippen LogP contribution in [0.4, 0.5) is 0 Å². The molecular formula is C23H36IN5O. The Morgan fingerprint density at radius 1 is 1.03 bits per heavy atom. The Bertz CT molecular complexity index is 699. The van der Waals surface area contributed by atoms with Crippen molar-refractivity contribution in [2.75, 3.05) is 58.9 Å². The molecule has 1 saturated carbocycles. The molecule has 1 aromatic carbocycles. The second kappa shape index (κ2) is 11.3. The Balaban J connectivity index is 0.00000256. The minimum atomic E-state index is 0. The van der Waals surface area contributed by atoms with Gasteiger partial charge in [-0.25, -0.2) is 0 Å². The predicted octanol–water partition coefficient (Wildman–Crippen LogP) is 2.61. The normalized spacial score (nSPS) is 24.5. The maximum Gasteiger partial charge on any atom is 0.236 e. The summed E-state index contributed by atoms with van der Waals surface area (Å²) in [6.45, 7) is 10.1. The molecule has 0 spiro atoms. The van der Waals surface area contributed by atoms with Gasteiger partial charge in [0.15, 0.2) is 5.96 Å². The van der Waals surface area contributed by atoms with Crippen molar-refractivity contribution in [1.29, 1.82) is 0 Å². The lowest BCUT2D eigenvalue weighted by molar-refractivity contribution is -0.131. The van der Waals surface area contributed by atoms with Crippen LogP contribution < -0.4 is 5.32 Å². The Kier molecular flexibility index (Phi) is 8.80. The molecule has 2 heterocycles. The molecular weight excluding hydrogens is 489 g/mol. The first-order chi connectivity index (χ1) is 14.2. The first-order valence-corrected chi connectivity index (χ1v) is 11.3. The van der Waals surface area contributed by atoms with Crippen molar-refractivity contribution < 1.29 is 4.79 Å². The van der Waals surface area contributed by atoms with Crippen LogP contribution in [0.3, 0.4) is 0 Å². The molecule has 3 fully saturated rings. The van der Waals surface area contributed by atoms with Crippen molar-refractivity contribution in [2.45, 2.75) is 32.1 Å². The molecule has 6 nitrogen and oxygen atoms in total. The van der Waals surface area contributed by atoms with E-state index in [1.807, 2.05) is 4.90 Å². The van der Waals surface area contributed by atoms with Gasteiger partial charge in [0.05, 0.1) is 6.54 Å². The van der Waals surface area contributed by atoms with Gasteiger partial charge in [-0.2, -0.15) is 0 Å². The van der Waals surface area contributed by atoms with E-state index >= 15 is 0 Å². The lowest BCUT2D eigenvalue weighted by Crippen LogP contribution is -2.54. The van der Waals surface area contributed by atoms with Crippen LogP contribution in [0.5, 0.6) is 0 Å². The van der Waals surface area contributed by atoms with Gasteiger partial charge in [-0.3, -0.25) is 14.7 Å². The van der Waals surface area contributed by atoms with Crippen molar-refractivity contribution in [3.8, 4) is 0 Å². The van der Waals surface area contributed by atoms with E-state index in [1.165, 1.54) is 12.0 Å². The fourth-order valence-electron chi connectivity index (χ4n) is 4.56. The highest BCUT2D eigenvalue weighted by Gasteiger charge is 2.38. The summed E-state index contributed by atoms with van der Waals surface area (Å²) in [5.74, 6) is 2.69. The molecule has 0 bridgehead atoms. The minimum Gasteiger partial charge on any atom is -0.357 e. The topological polar surface area (TPSA) is 51.2 Å². The molecule has 2 saturated heterocycles. The zero-order valence-corrected chi connectivity index (χ0v) is 20.5. The average Bonchev–Trinajstić information content (AvgIpc) is 3.31. The second-order valence-corrected chi connectivity index (χ2v) is 8.56. The minimum absolute atomic E-state index is 0. The number of halogens is 1.